The number of aromatic nitrogens is 1. The van der Waals surface area contributed by atoms with Crippen LogP contribution in [-0.4, -0.2) is 69.5 Å². The van der Waals surface area contributed by atoms with Crippen LogP contribution >= 0.6 is 0 Å². The molecule has 3 amide bonds. The standard InChI is InChI=1S/C23H31N5O7/c1-12(2)7-17(22(34)26-11-20(31)32)28-23(35)18(27-21(33)15(24)9-19(29)30)8-13-10-25-16-6-4-3-5-14(13)16/h3-6,10,12,15,17-18,25H,7-9,11,24H2,1-2H3,(H,26,34)(H,27,33)(H,28,35)(H,29,30)(H,31,32). The van der Waals surface area contributed by atoms with Crippen molar-refractivity contribution >= 4 is 40.6 Å². The largest absolute Gasteiger partial charge is 0.481 e. The van der Waals surface area contributed by atoms with Crippen molar-refractivity contribution in [3.63, 3.8) is 0 Å². The molecule has 0 aliphatic carbocycles. The lowest BCUT2D eigenvalue weighted by molar-refractivity contribution is -0.139. The molecule has 0 radical (unpaired) electrons. The van der Waals surface area contributed by atoms with Crippen LogP contribution in [0, 0.1) is 5.92 Å². The molecule has 1 aromatic heterocycles. The Morgan fingerprint density at radius 2 is 1.60 bits per heavy atom. The Balaban J connectivity index is 2.27. The predicted molar refractivity (Wildman–Crippen MR) is 126 cm³/mol. The third-order valence-electron chi connectivity index (χ3n) is 5.22. The fourth-order valence-electron chi connectivity index (χ4n) is 3.55. The molecule has 0 aliphatic rings. The number of aliphatic carboxylic acids is 2. The van der Waals surface area contributed by atoms with Gasteiger partial charge in [0.25, 0.3) is 0 Å². The van der Waals surface area contributed by atoms with Crippen LogP contribution < -0.4 is 21.7 Å². The summed E-state index contributed by atoms with van der Waals surface area (Å²) in [6.07, 6.45) is 1.33. The van der Waals surface area contributed by atoms with Crippen LogP contribution in [0.25, 0.3) is 10.9 Å². The van der Waals surface area contributed by atoms with Gasteiger partial charge >= 0.3 is 11.9 Å². The van der Waals surface area contributed by atoms with Gasteiger partial charge in [-0.25, -0.2) is 0 Å². The average Bonchev–Trinajstić information content (AvgIpc) is 3.18. The van der Waals surface area contributed by atoms with E-state index < -0.39 is 60.8 Å². The van der Waals surface area contributed by atoms with Gasteiger partial charge in [-0.1, -0.05) is 32.0 Å². The highest BCUT2D eigenvalue weighted by Gasteiger charge is 2.30. The number of aromatic amines is 1. The Kier molecular flexibility index (Phi) is 9.76. The number of carboxylic acid groups (broad SMARTS) is 2. The summed E-state index contributed by atoms with van der Waals surface area (Å²) in [5, 5.41) is 25.9. The molecular weight excluding hydrogens is 458 g/mol. The van der Waals surface area contributed by atoms with E-state index in [1.807, 2.05) is 38.1 Å². The molecule has 35 heavy (non-hydrogen) atoms. The molecule has 0 saturated carbocycles. The summed E-state index contributed by atoms with van der Waals surface area (Å²) >= 11 is 0. The van der Waals surface area contributed by atoms with Crippen molar-refractivity contribution in [1.29, 1.82) is 0 Å². The van der Waals surface area contributed by atoms with E-state index in [2.05, 4.69) is 20.9 Å². The van der Waals surface area contributed by atoms with Crippen LogP contribution in [0.5, 0.6) is 0 Å². The molecule has 0 spiro atoms. The lowest BCUT2D eigenvalue weighted by Crippen LogP contribution is -2.57. The molecule has 2 aromatic rings. The first-order valence-corrected chi connectivity index (χ1v) is 11.1. The second kappa shape index (κ2) is 12.5. The fourth-order valence-corrected chi connectivity index (χ4v) is 3.55. The minimum Gasteiger partial charge on any atom is -0.481 e. The Morgan fingerprint density at radius 3 is 2.23 bits per heavy atom. The number of carbonyl (C=O) groups excluding carboxylic acids is 3. The molecule has 3 atom stereocenters. The van der Waals surface area contributed by atoms with Crippen molar-refractivity contribution in [1.82, 2.24) is 20.9 Å². The van der Waals surface area contributed by atoms with Crippen LogP contribution in [0.2, 0.25) is 0 Å². The second-order valence-electron chi connectivity index (χ2n) is 8.63. The van der Waals surface area contributed by atoms with Crippen LogP contribution in [-0.2, 0) is 30.4 Å². The summed E-state index contributed by atoms with van der Waals surface area (Å²) in [6.45, 7) is 3.06. The van der Waals surface area contributed by atoms with Crippen molar-refractivity contribution < 1.29 is 34.2 Å². The van der Waals surface area contributed by atoms with Crippen molar-refractivity contribution in [3.8, 4) is 0 Å². The van der Waals surface area contributed by atoms with Gasteiger partial charge in [0.2, 0.25) is 17.7 Å². The van der Waals surface area contributed by atoms with Gasteiger partial charge in [-0.15, -0.1) is 0 Å². The maximum absolute atomic E-state index is 13.2. The number of carbonyl (C=O) groups is 5. The second-order valence-corrected chi connectivity index (χ2v) is 8.63. The van der Waals surface area contributed by atoms with Gasteiger partial charge in [0.1, 0.15) is 18.6 Å². The SMILES string of the molecule is CC(C)CC(NC(=O)C(Cc1c[nH]c2ccccc12)NC(=O)C(N)CC(=O)O)C(=O)NCC(=O)O. The summed E-state index contributed by atoms with van der Waals surface area (Å²) < 4.78 is 0. The molecule has 0 aliphatic heterocycles. The lowest BCUT2D eigenvalue weighted by Gasteiger charge is -2.24. The van der Waals surface area contributed by atoms with Gasteiger partial charge in [0.15, 0.2) is 0 Å². The van der Waals surface area contributed by atoms with E-state index in [0.717, 1.165) is 10.9 Å². The van der Waals surface area contributed by atoms with Crippen LogP contribution in [0.1, 0.15) is 32.3 Å². The molecule has 12 nitrogen and oxygen atoms in total. The van der Waals surface area contributed by atoms with Crippen LogP contribution in [0.4, 0.5) is 0 Å². The van der Waals surface area contributed by atoms with Crippen LogP contribution in [0.3, 0.4) is 0 Å². The Morgan fingerprint density at radius 1 is 0.943 bits per heavy atom. The minimum atomic E-state index is -1.38. The number of hydrogen-bond donors (Lipinski definition) is 7. The van der Waals surface area contributed by atoms with Gasteiger partial charge in [0, 0.05) is 23.5 Å². The molecule has 190 valence electrons. The lowest BCUT2D eigenvalue weighted by atomic mass is 10.0. The Bertz CT molecular complexity index is 1080. The van der Waals surface area contributed by atoms with Crippen molar-refractivity contribution in [2.24, 2.45) is 11.7 Å². The first-order valence-electron chi connectivity index (χ1n) is 11.1. The summed E-state index contributed by atoms with van der Waals surface area (Å²) in [6, 6.07) is 3.75. The number of nitrogens with two attached hydrogens (primary N) is 1. The Labute approximate surface area is 201 Å². The van der Waals surface area contributed by atoms with E-state index in [1.54, 1.807) is 6.20 Å². The monoisotopic (exact) mass is 489 g/mol. The van der Waals surface area contributed by atoms with E-state index in [0.29, 0.717) is 5.56 Å². The van der Waals surface area contributed by atoms with E-state index in [1.165, 1.54) is 0 Å². The minimum absolute atomic E-state index is 0.0125. The zero-order valence-electron chi connectivity index (χ0n) is 19.5. The van der Waals surface area contributed by atoms with Crippen molar-refractivity contribution in [2.45, 2.75) is 51.2 Å². The maximum Gasteiger partial charge on any atom is 0.322 e. The molecular formula is C23H31N5O7. The highest BCUT2D eigenvalue weighted by atomic mass is 16.4. The van der Waals surface area contributed by atoms with Gasteiger partial charge in [-0.2, -0.15) is 0 Å². The number of H-pyrrole nitrogens is 1. The average molecular weight is 490 g/mol. The molecule has 0 saturated heterocycles. The zero-order chi connectivity index (χ0) is 26.1. The number of hydrogen-bond acceptors (Lipinski definition) is 6. The first kappa shape index (κ1) is 27.3. The van der Waals surface area contributed by atoms with E-state index in [-0.39, 0.29) is 18.8 Å². The molecule has 1 aromatic carbocycles. The molecule has 1 heterocycles. The topological polar surface area (TPSA) is 204 Å². The molecule has 0 fully saturated rings. The zero-order valence-corrected chi connectivity index (χ0v) is 19.5. The summed E-state index contributed by atoms with van der Waals surface area (Å²) in [5.74, 6) is -4.71. The smallest absolute Gasteiger partial charge is 0.322 e. The number of para-hydroxylation sites is 1. The highest BCUT2D eigenvalue weighted by molar-refractivity contribution is 5.95. The molecule has 3 unspecified atom stereocenters. The predicted octanol–water partition coefficient (Wildman–Crippen LogP) is -0.271. The summed E-state index contributed by atoms with van der Waals surface area (Å²) in [5.41, 5.74) is 7.20. The normalized spacial score (nSPS) is 13.6. The van der Waals surface area contributed by atoms with Crippen LogP contribution in [0.15, 0.2) is 30.5 Å². The van der Waals surface area contributed by atoms with E-state index in [4.69, 9.17) is 15.9 Å². The van der Waals surface area contributed by atoms with Crippen molar-refractivity contribution in [2.75, 3.05) is 6.54 Å². The summed E-state index contributed by atoms with van der Waals surface area (Å²) in [4.78, 5) is 63.1. The number of carboxylic acids is 2. The van der Waals surface area contributed by atoms with Gasteiger partial charge in [-0.05, 0) is 24.0 Å². The number of fused-ring (bicyclic) bond motifs is 1. The van der Waals surface area contributed by atoms with Gasteiger partial charge < -0.3 is 36.9 Å². The summed E-state index contributed by atoms with van der Waals surface area (Å²) in [7, 11) is 0. The van der Waals surface area contributed by atoms with Crippen molar-refractivity contribution in [3.05, 3.63) is 36.0 Å². The molecule has 2 rings (SSSR count). The maximum atomic E-state index is 13.2. The first-order chi connectivity index (χ1) is 16.5. The fraction of sp³-hybridized carbons (Fsp3) is 0.435. The van der Waals surface area contributed by atoms with Gasteiger partial charge in [0.05, 0.1) is 12.5 Å². The highest BCUT2D eigenvalue weighted by Crippen LogP contribution is 2.19. The number of rotatable bonds is 13. The molecule has 0 bridgehead atoms. The Hall–Kier alpha value is -3.93. The number of nitrogens with one attached hydrogen (secondary N) is 4. The molecule has 8 N–H and O–H groups in total. The molecule has 12 heteroatoms. The van der Waals surface area contributed by atoms with E-state index >= 15 is 0 Å². The quantitative estimate of drug-likeness (QED) is 0.199. The third-order valence-corrected chi connectivity index (χ3v) is 5.22. The number of amides is 3. The third kappa shape index (κ3) is 8.41. The number of benzene rings is 1. The van der Waals surface area contributed by atoms with E-state index in [9.17, 15) is 24.0 Å². The van der Waals surface area contributed by atoms with Gasteiger partial charge in [-0.3, -0.25) is 24.0 Å².